The van der Waals surface area contributed by atoms with E-state index < -0.39 is 0 Å². The first-order chi connectivity index (χ1) is 8.95. The molecule has 1 atom stereocenters. The molecule has 1 aliphatic heterocycles. The van der Waals surface area contributed by atoms with Gasteiger partial charge in [-0.05, 0) is 41.8 Å². The molecule has 0 N–H and O–H groups in total. The second kappa shape index (κ2) is 5.77. The number of piperidine rings is 1. The lowest BCUT2D eigenvalue weighted by molar-refractivity contribution is -0.0440. The molecule has 1 aromatic heterocycles. The van der Waals surface area contributed by atoms with Gasteiger partial charge in [-0.15, -0.1) is 0 Å². The number of carbonyl (C=O) groups excluding carboxylic acids is 1. The Morgan fingerprint density at radius 1 is 1.63 bits per heavy atom. The Labute approximate surface area is 126 Å². The van der Waals surface area contributed by atoms with Crippen LogP contribution in [0.3, 0.4) is 0 Å². The molecule has 104 valence electrons. The zero-order chi connectivity index (χ0) is 14.0. The number of nitrogens with zero attached hydrogens (tertiary/aromatic N) is 2. The molecule has 1 saturated heterocycles. The number of halogens is 2. The van der Waals surface area contributed by atoms with Crippen LogP contribution >= 0.6 is 27.5 Å². The summed E-state index contributed by atoms with van der Waals surface area (Å²) in [7, 11) is 1.68. The molecule has 1 aromatic rings. The third kappa shape index (κ3) is 3.27. The number of hydrogen-bond acceptors (Lipinski definition) is 3. The summed E-state index contributed by atoms with van der Waals surface area (Å²) < 4.78 is 6.24. The summed E-state index contributed by atoms with van der Waals surface area (Å²) in [5, 5.41) is 0.234. The maximum Gasteiger partial charge on any atom is 0.257 e. The number of aromatic nitrogens is 1. The monoisotopic (exact) mass is 346 g/mol. The van der Waals surface area contributed by atoms with Crippen molar-refractivity contribution in [3.63, 3.8) is 0 Å². The van der Waals surface area contributed by atoms with Gasteiger partial charge in [-0.3, -0.25) is 4.79 Å². The predicted molar refractivity (Wildman–Crippen MR) is 77.5 cm³/mol. The number of amides is 1. The van der Waals surface area contributed by atoms with Crippen molar-refractivity contribution in [2.75, 3.05) is 20.2 Å². The smallest absolute Gasteiger partial charge is 0.257 e. The summed E-state index contributed by atoms with van der Waals surface area (Å²) in [6, 6.07) is 1.70. The molecule has 1 amide bonds. The molecule has 0 saturated carbocycles. The minimum Gasteiger partial charge on any atom is -0.377 e. The van der Waals surface area contributed by atoms with Crippen LogP contribution in [0, 0.1) is 0 Å². The third-order valence-electron chi connectivity index (χ3n) is 3.48. The summed E-state index contributed by atoms with van der Waals surface area (Å²) in [4.78, 5) is 18.3. The lowest BCUT2D eigenvalue weighted by atomic mass is 9.94. The van der Waals surface area contributed by atoms with E-state index in [0.29, 0.717) is 12.1 Å². The highest BCUT2D eigenvalue weighted by molar-refractivity contribution is 9.10. The number of hydrogen-bond donors (Lipinski definition) is 0. The number of methoxy groups -OCH3 is 1. The molecule has 0 bridgehead atoms. The normalized spacial score (nSPS) is 23.5. The quantitative estimate of drug-likeness (QED) is 0.772. The van der Waals surface area contributed by atoms with Gasteiger partial charge in [-0.1, -0.05) is 11.6 Å². The van der Waals surface area contributed by atoms with Gasteiger partial charge in [0.15, 0.2) is 0 Å². The van der Waals surface area contributed by atoms with E-state index in [4.69, 9.17) is 16.3 Å². The van der Waals surface area contributed by atoms with Crippen LogP contribution in [-0.2, 0) is 4.74 Å². The zero-order valence-electron chi connectivity index (χ0n) is 10.9. The van der Waals surface area contributed by atoms with Crippen LogP contribution in [0.15, 0.2) is 16.7 Å². The molecule has 2 rings (SSSR count). The third-order valence-corrected chi connectivity index (χ3v) is 4.21. The van der Waals surface area contributed by atoms with E-state index in [-0.39, 0.29) is 16.7 Å². The molecule has 1 aliphatic rings. The SMILES string of the molecule is COC1(C)CCCN(C(=O)c2cc(Br)cnc2Cl)C1. The molecule has 4 nitrogen and oxygen atoms in total. The fourth-order valence-corrected chi connectivity index (χ4v) is 2.80. The van der Waals surface area contributed by atoms with E-state index in [1.165, 1.54) is 0 Å². The van der Waals surface area contributed by atoms with Gasteiger partial charge in [0, 0.05) is 30.9 Å². The van der Waals surface area contributed by atoms with Crippen molar-refractivity contribution in [1.29, 1.82) is 0 Å². The van der Waals surface area contributed by atoms with Gasteiger partial charge in [0.25, 0.3) is 5.91 Å². The first kappa shape index (κ1) is 14.8. The maximum atomic E-state index is 12.5. The highest BCUT2D eigenvalue weighted by Gasteiger charge is 2.34. The van der Waals surface area contributed by atoms with Gasteiger partial charge in [0.05, 0.1) is 11.2 Å². The van der Waals surface area contributed by atoms with Crippen molar-refractivity contribution in [2.45, 2.75) is 25.4 Å². The lowest BCUT2D eigenvalue weighted by Crippen LogP contribution is -2.49. The molecule has 1 unspecified atom stereocenters. The van der Waals surface area contributed by atoms with E-state index in [2.05, 4.69) is 20.9 Å². The number of pyridine rings is 1. The van der Waals surface area contributed by atoms with E-state index in [1.807, 2.05) is 6.92 Å². The molecule has 0 spiro atoms. The molecule has 0 aromatic carbocycles. The lowest BCUT2D eigenvalue weighted by Gasteiger charge is -2.39. The van der Waals surface area contributed by atoms with Crippen LogP contribution in [0.1, 0.15) is 30.1 Å². The molecule has 2 heterocycles. The molecule has 0 radical (unpaired) electrons. The van der Waals surface area contributed by atoms with Crippen molar-refractivity contribution in [3.05, 3.63) is 27.5 Å². The first-order valence-corrected chi connectivity index (χ1v) is 7.28. The van der Waals surface area contributed by atoms with E-state index in [1.54, 1.807) is 24.3 Å². The number of likely N-dealkylation sites (tertiary alicyclic amines) is 1. The molecule has 6 heteroatoms. The first-order valence-electron chi connectivity index (χ1n) is 6.11. The van der Waals surface area contributed by atoms with Crippen LogP contribution in [0.2, 0.25) is 5.15 Å². The Morgan fingerprint density at radius 3 is 3.05 bits per heavy atom. The predicted octanol–water partition coefficient (Wildman–Crippen LogP) is 3.14. The largest absolute Gasteiger partial charge is 0.377 e. The van der Waals surface area contributed by atoms with Gasteiger partial charge < -0.3 is 9.64 Å². The number of ether oxygens (including phenoxy) is 1. The molecule has 1 fully saturated rings. The van der Waals surface area contributed by atoms with Crippen molar-refractivity contribution in [1.82, 2.24) is 9.88 Å². The van der Waals surface area contributed by atoms with Crippen LogP contribution in [0.5, 0.6) is 0 Å². The van der Waals surface area contributed by atoms with Gasteiger partial charge in [0.2, 0.25) is 0 Å². The molecule has 0 aliphatic carbocycles. The van der Waals surface area contributed by atoms with Crippen LogP contribution < -0.4 is 0 Å². The molecular formula is C13H16BrClN2O2. The van der Waals surface area contributed by atoms with Crippen molar-refractivity contribution < 1.29 is 9.53 Å². The zero-order valence-corrected chi connectivity index (χ0v) is 13.3. The van der Waals surface area contributed by atoms with Gasteiger partial charge in [-0.25, -0.2) is 4.98 Å². The summed E-state index contributed by atoms with van der Waals surface area (Å²) in [6.07, 6.45) is 3.46. The highest BCUT2D eigenvalue weighted by atomic mass is 79.9. The summed E-state index contributed by atoms with van der Waals surface area (Å²) >= 11 is 9.31. The van der Waals surface area contributed by atoms with Crippen LogP contribution in [-0.4, -0.2) is 41.6 Å². The summed E-state index contributed by atoms with van der Waals surface area (Å²) in [5.41, 5.74) is 0.149. The average molecular weight is 348 g/mol. The number of carbonyl (C=O) groups is 1. The molecular weight excluding hydrogens is 332 g/mol. The van der Waals surface area contributed by atoms with Crippen molar-refractivity contribution >= 4 is 33.4 Å². The Bertz CT molecular complexity index is 498. The minimum atomic E-state index is -0.278. The standard InChI is InChI=1S/C13H16BrClN2O2/c1-13(19-2)4-3-5-17(8-13)12(18)10-6-9(14)7-16-11(10)15/h6-7H,3-5,8H2,1-2H3. The Hall–Kier alpha value is -0.650. The van der Waals surface area contributed by atoms with E-state index in [0.717, 1.165) is 23.9 Å². The van der Waals surface area contributed by atoms with Gasteiger partial charge >= 0.3 is 0 Å². The summed E-state index contributed by atoms with van der Waals surface area (Å²) in [6.45, 7) is 3.32. The Balaban J connectivity index is 2.22. The van der Waals surface area contributed by atoms with E-state index in [9.17, 15) is 4.79 Å². The summed E-state index contributed by atoms with van der Waals surface area (Å²) in [5.74, 6) is -0.0956. The second-order valence-electron chi connectivity index (χ2n) is 4.98. The van der Waals surface area contributed by atoms with Gasteiger partial charge in [-0.2, -0.15) is 0 Å². The van der Waals surface area contributed by atoms with Crippen molar-refractivity contribution in [2.24, 2.45) is 0 Å². The average Bonchev–Trinajstić information content (AvgIpc) is 2.41. The van der Waals surface area contributed by atoms with E-state index >= 15 is 0 Å². The second-order valence-corrected chi connectivity index (χ2v) is 6.25. The fraction of sp³-hybridized carbons (Fsp3) is 0.538. The minimum absolute atomic E-state index is 0.0956. The topological polar surface area (TPSA) is 42.4 Å². The van der Waals surface area contributed by atoms with Gasteiger partial charge in [0.1, 0.15) is 5.15 Å². The van der Waals surface area contributed by atoms with Crippen molar-refractivity contribution in [3.8, 4) is 0 Å². The van der Waals surface area contributed by atoms with Crippen LogP contribution in [0.4, 0.5) is 0 Å². The molecule has 19 heavy (non-hydrogen) atoms. The number of rotatable bonds is 2. The van der Waals surface area contributed by atoms with Crippen LogP contribution in [0.25, 0.3) is 0 Å². The maximum absolute atomic E-state index is 12.5. The Morgan fingerprint density at radius 2 is 2.37 bits per heavy atom. The highest BCUT2D eigenvalue weighted by Crippen LogP contribution is 2.27. The fourth-order valence-electron chi connectivity index (χ4n) is 2.29. The Kier molecular flexibility index (Phi) is 4.48.